The van der Waals surface area contributed by atoms with E-state index >= 15 is 0 Å². The Kier molecular flexibility index (Phi) is 3.61. The van der Waals surface area contributed by atoms with Crippen LogP contribution in [0.2, 0.25) is 0 Å². The smallest absolute Gasteiger partial charge is 0.356 e. The summed E-state index contributed by atoms with van der Waals surface area (Å²) in [5.74, 6) is -0.554. The molecule has 1 amide bonds. The third-order valence-electron chi connectivity index (χ3n) is 3.13. The Labute approximate surface area is 125 Å². The van der Waals surface area contributed by atoms with Gasteiger partial charge in [-0.2, -0.15) is 5.10 Å². The molecule has 0 bridgehead atoms. The fraction of sp³-hybridized carbons (Fsp3) is 0.133. The molecule has 2 heterocycles. The van der Waals surface area contributed by atoms with E-state index < -0.39 is 5.97 Å². The largest absolute Gasteiger partial charge is 0.461 e. The molecule has 3 N–H and O–H groups in total. The van der Waals surface area contributed by atoms with Crippen molar-refractivity contribution in [1.29, 1.82) is 0 Å². The molecule has 112 valence electrons. The van der Waals surface area contributed by atoms with Crippen LogP contribution in [0.1, 0.15) is 27.8 Å². The van der Waals surface area contributed by atoms with Crippen LogP contribution >= 0.6 is 0 Å². The number of anilines is 1. The number of amides is 1. The van der Waals surface area contributed by atoms with Crippen molar-refractivity contribution < 1.29 is 14.3 Å². The lowest BCUT2D eigenvalue weighted by Gasteiger charge is -2.02. The zero-order valence-corrected chi connectivity index (χ0v) is 11.8. The van der Waals surface area contributed by atoms with Gasteiger partial charge in [0.2, 0.25) is 0 Å². The van der Waals surface area contributed by atoms with Crippen molar-refractivity contribution in [2.45, 2.75) is 6.92 Å². The van der Waals surface area contributed by atoms with E-state index in [1.807, 2.05) is 18.3 Å². The number of hydrogen-bond acceptors (Lipinski definition) is 4. The van der Waals surface area contributed by atoms with Crippen molar-refractivity contribution in [3.63, 3.8) is 0 Å². The average molecular weight is 298 g/mol. The highest BCUT2D eigenvalue weighted by Gasteiger charge is 2.13. The van der Waals surface area contributed by atoms with E-state index in [1.54, 1.807) is 19.1 Å². The number of rotatable bonds is 4. The lowest BCUT2D eigenvalue weighted by atomic mass is 10.1. The average Bonchev–Trinajstić information content (AvgIpc) is 3.15. The molecule has 2 aromatic heterocycles. The van der Waals surface area contributed by atoms with E-state index in [1.165, 1.54) is 6.07 Å². The molecule has 0 atom stereocenters. The summed E-state index contributed by atoms with van der Waals surface area (Å²) in [6, 6.07) is 8.70. The Morgan fingerprint density at radius 3 is 2.95 bits per heavy atom. The van der Waals surface area contributed by atoms with E-state index in [0.717, 1.165) is 10.9 Å². The first-order chi connectivity index (χ1) is 10.7. The summed E-state index contributed by atoms with van der Waals surface area (Å²) in [4.78, 5) is 26.8. The maximum absolute atomic E-state index is 12.2. The molecule has 3 rings (SSSR count). The molecule has 0 spiro atoms. The second kappa shape index (κ2) is 5.72. The maximum atomic E-state index is 12.2. The SMILES string of the molecule is CCOC(=O)c1cc(NC(=O)c2ccc3cc[nH]c3c2)n[nH]1. The highest BCUT2D eigenvalue weighted by atomic mass is 16.5. The van der Waals surface area contributed by atoms with Crippen LogP contribution in [0.15, 0.2) is 36.5 Å². The van der Waals surface area contributed by atoms with Gasteiger partial charge in [0.15, 0.2) is 5.82 Å². The Bertz CT molecular complexity index is 834. The number of aromatic amines is 2. The van der Waals surface area contributed by atoms with Crippen LogP contribution in [0, 0.1) is 0 Å². The van der Waals surface area contributed by atoms with Gasteiger partial charge < -0.3 is 15.0 Å². The zero-order valence-electron chi connectivity index (χ0n) is 11.8. The van der Waals surface area contributed by atoms with E-state index in [9.17, 15) is 9.59 Å². The highest BCUT2D eigenvalue weighted by Crippen LogP contribution is 2.15. The fourth-order valence-corrected chi connectivity index (χ4v) is 2.08. The summed E-state index contributed by atoms with van der Waals surface area (Å²) in [5, 5.41) is 10.1. The molecule has 7 heteroatoms. The van der Waals surface area contributed by atoms with E-state index in [-0.39, 0.29) is 24.0 Å². The number of nitrogens with zero attached hydrogens (tertiary/aromatic N) is 1. The standard InChI is InChI=1S/C15H14N4O3/c1-2-22-15(21)12-8-13(19-18-12)17-14(20)10-4-3-9-5-6-16-11(9)7-10/h3-8,16H,2H2,1H3,(H2,17,18,19,20). The molecule has 0 unspecified atom stereocenters. The van der Waals surface area contributed by atoms with Gasteiger partial charge in [0.1, 0.15) is 5.69 Å². The summed E-state index contributed by atoms with van der Waals surface area (Å²) >= 11 is 0. The second-order valence-electron chi connectivity index (χ2n) is 4.62. The molecule has 0 aliphatic heterocycles. The third-order valence-corrected chi connectivity index (χ3v) is 3.13. The van der Waals surface area contributed by atoms with Gasteiger partial charge in [-0.05, 0) is 30.5 Å². The summed E-state index contributed by atoms with van der Waals surface area (Å²) in [7, 11) is 0. The molecule has 0 aliphatic carbocycles. The van der Waals surface area contributed by atoms with E-state index in [2.05, 4.69) is 20.5 Å². The van der Waals surface area contributed by atoms with E-state index in [4.69, 9.17) is 4.74 Å². The monoisotopic (exact) mass is 298 g/mol. The molecule has 7 nitrogen and oxygen atoms in total. The first-order valence-electron chi connectivity index (χ1n) is 6.78. The van der Waals surface area contributed by atoms with Crippen LogP contribution in [0.25, 0.3) is 10.9 Å². The summed E-state index contributed by atoms with van der Waals surface area (Å²) in [6.45, 7) is 1.99. The summed E-state index contributed by atoms with van der Waals surface area (Å²) < 4.78 is 4.84. The Hall–Kier alpha value is -3.09. The molecule has 1 aromatic carbocycles. The number of esters is 1. The lowest BCUT2D eigenvalue weighted by Crippen LogP contribution is -2.12. The quantitative estimate of drug-likeness (QED) is 0.643. The lowest BCUT2D eigenvalue weighted by molar-refractivity contribution is 0.0519. The van der Waals surface area contributed by atoms with Crippen LogP contribution in [0.3, 0.4) is 0 Å². The van der Waals surface area contributed by atoms with Crippen molar-refractivity contribution in [1.82, 2.24) is 15.2 Å². The molecule has 0 radical (unpaired) electrons. The van der Waals surface area contributed by atoms with Crippen LogP contribution in [-0.2, 0) is 4.74 Å². The first kappa shape index (κ1) is 13.9. The molecule has 3 aromatic rings. The first-order valence-corrected chi connectivity index (χ1v) is 6.78. The number of carbonyl (C=O) groups is 2. The number of carbonyl (C=O) groups excluding carboxylic acids is 2. The number of H-pyrrole nitrogens is 2. The number of benzene rings is 1. The highest BCUT2D eigenvalue weighted by molar-refractivity contribution is 6.06. The number of hydrogen-bond donors (Lipinski definition) is 3. The molecule has 22 heavy (non-hydrogen) atoms. The van der Waals surface area contributed by atoms with Gasteiger partial charge in [-0.1, -0.05) is 6.07 Å². The van der Waals surface area contributed by atoms with Gasteiger partial charge >= 0.3 is 5.97 Å². The topological polar surface area (TPSA) is 99.9 Å². The van der Waals surface area contributed by atoms with Crippen molar-refractivity contribution in [2.24, 2.45) is 0 Å². The third kappa shape index (κ3) is 2.69. The number of fused-ring (bicyclic) bond motifs is 1. The Balaban J connectivity index is 1.74. The van der Waals surface area contributed by atoms with Crippen LogP contribution in [-0.4, -0.2) is 33.7 Å². The number of ether oxygens (including phenoxy) is 1. The minimum absolute atomic E-state index is 0.192. The number of nitrogens with one attached hydrogen (secondary N) is 3. The molecule has 0 saturated carbocycles. The van der Waals surface area contributed by atoms with Gasteiger partial charge in [0.25, 0.3) is 5.91 Å². The molecule has 0 aliphatic rings. The minimum atomic E-state index is -0.511. The van der Waals surface area contributed by atoms with Crippen molar-refractivity contribution in [3.05, 3.63) is 47.8 Å². The van der Waals surface area contributed by atoms with Gasteiger partial charge in [0, 0.05) is 23.3 Å². The zero-order chi connectivity index (χ0) is 15.5. The van der Waals surface area contributed by atoms with Crippen LogP contribution < -0.4 is 5.32 Å². The van der Waals surface area contributed by atoms with Crippen LogP contribution in [0.4, 0.5) is 5.82 Å². The minimum Gasteiger partial charge on any atom is -0.461 e. The predicted molar refractivity (Wildman–Crippen MR) is 80.8 cm³/mol. The van der Waals surface area contributed by atoms with Gasteiger partial charge in [-0.25, -0.2) is 4.79 Å². The Morgan fingerprint density at radius 1 is 1.27 bits per heavy atom. The molecule has 0 fully saturated rings. The van der Waals surface area contributed by atoms with Gasteiger partial charge in [-0.15, -0.1) is 0 Å². The summed E-state index contributed by atoms with van der Waals surface area (Å²) in [5.41, 5.74) is 1.56. The number of aromatic nitrogens is 3. The van der Waals surface area contributed by atoms with Gasteiger partial charge in [0.05, 0.1) is 6.61 Å². The van der Waals surface area contributed by atoms with Gasteiger partial charge in [-0.3, -0.25) is 9.89 Å². The van der Waals surface area contributed by atoms with Crippen molar-refractivity contribution >= 4 is 28.6 Å². The fourth-order valence-electron chi connectivity index (χ4n) is 2.08. The van der Waals surface area contributed by atoms with Crippen LogP contribution in [0.5, 0.6) is 0 Å². The molecular formula is C15H14N4O3. The van der Waals surface area contributed by atoms with Crippen molar-refractivity contribution in [3.8, 4) is 0 Å². The normalized spacial score (nSPS) is 10.6. The Morgan fingerprint density at radius 2 is 2.14 bits per heavy atom. The molecular weight excluding hydrogens is 284 g/mol. The maximum Gasteiger partial charge on any atom is 0.356 e. The second-order valence-corrected chi connectivity index (χ2v) is 4.62. The molecule has 0 saturated heterocycles. The summed E-state index contributed by atoms with van der Waals surface area (Å²) in [6.07, 6.45) is 1.81. The van der Waals surface area contributed by atoms with E-state index in [0.29, 0.717) is 5.56 Å². The van der Waals surface area contributed by atoms with Crippen molar-refractivity contribution in [2.75, 3.05) is 11.9 Å². The predicted octanol–water partition coefficient (Wildman–Crippen LogP) is 2.32.